The number of nitriles is 1. The highest BCUT2D eigenvalue weighted by Gasteiger charge is 2.05. The molecule has 0 atom stereocenters. The van der Waals surface area contributed by atoms with Gasteiger partial charge in [-0.2, -0.15) is 5.26 Å². The molecule has 16 heavy (non-hydrogen) atoms. The Morgan fingerprint density at radius 2 is 2.19 bits per heavy atom. The molecule has 82 valence electrons. The molecule has 0 aliphatic rings. The van der Waals surface area contributed by atoms with E-state index in [4.69, 9.17) is 11.7 Å². The molecule has 0 fully saturated rings. The normalized spacial score (nSPS) is 9.25. The van der Waals surface area contributed by atoms with Gasteiger partial charge in [0.1, 0.15) is 0 Å². The number of terminal acetylenes is 1. The van der Waals surface area contributed by atoms with Crippen molar-refractivity contribution < 1.29 is 0 Å². The smallest absolute Gasteiger partial charge is 0.0994 e. The van der Waals surface area contributed by atoms with E-state index in [1.807, 2.05) is 25.1 Å². The van der Waals surface area contributed by atoms with Crippen LogP contribution in [-0.4, -0.2) is 13.1 Å². The van der Waals surface area contributed by atoms with E-state index in [-0.39, 0.29) is 0 Å². The summed E-state index contributed by atoms with van der Waals surface area (Å²) in [5.74, 6) is 2.66. The summed E-state index contributed by atoms with van der Waals surface area (Å²) >= 11 is 0. The molecule has 0 aliphatic carbocycles. The van der Waals surface area contributed by atoms with Gasteiger partial charge in [-0.05, 0) is 37.1 Å². The molecule has 1 rings (SSSR count). The van der Waals surface area contributed by atoms with E-state index < -0.39 is 0 Å². The number of aryl methyl sites for hydroxylation is 1. The van der Waals surface area contributed by atoms with Crippen LogP contribution < -0.4 is 4.90 Å². The molecular formula is C14H16N2. The third-order valence-electron chi connectivity index (χ3n) is 2.47. The minimum Gasteiger partial charge on any atom is -0.360 e. The molecule has 2 nitrogen and oxygen atoms in total. The first-order valence-corrected chi connectivity index (χ1v) is 5.42. The predicted octanol–water partition coefficient (Wildman–Crippen LogP) is 2.72. The Labute approximate surface area is 97.5 Å². The van der Waals surface area contributed by atoms with Crippen LogP contribution in [0, 0.1) is 30.6 Å². The molecular weight excluding hydrogens is 196 g/mol. The van der Waals surface area contributed by atoms with Crippen LogP contribution in [0.2, 0.25) is 0 Å². The second kappa shape index (κ2) is 5.83. The molecule has 0 spiro atoms. The van der Waals surface area contributed by atoms with Gasteiger partial charge in [-0.3, -0.25) is 0 Å². The van der Waals surface area contributed by atoms with Crippen molar-refractivity contribution in [2.45, 2.75) is 20.3 Å². The molecule has 0 saturated heterocycles. The van der Waals surface area contributed by atoms with Gasteiger partial charge in [-0.25, -0.2) is 0 Å². The Hall–Kier alpha value is -1.93. The highest BCUT2D eigenvalue weighted by Crippen LogP contribution is 2.18. The van der Waals surface area contributed by atoms with E-state index in [0.29, 0.717) is 6.54 Å². The highest BCUT2D eigenvalue weighted by molar-refractivity contribution is 5.54. The minimum atomic E-state index is 0.610. The zero-order chi connectivity index (χ0) is 12.0. The first kappa shape index (κ1) is 12.1. The Bertz CT molecular complexity index is 435. The minimum absolute atomic E-state index is 0.610. The van der Waals surface area contributed by atoms with Crippen LogP contribution in [-0.2, 0) is 0 Å². The number of anilines is 1. The molecule has 0 aromatic heterocycles. The van der Waals surface area contributed by atoms with Crippen molar-refractivity contribution in [3.63, 3.8) is 0 Å². The zero-order valence-corrected chi connectivity index (χ0v) is 9.83. The lowest BCUT2D eigenvalue weighted by atomic mass is 10.1. The van der Waals surface area contributed by atoms with Gasteiger partial charge in [0.25, 0.3) is 0 Å². The lowest BCUT2D eigenvalue weighted by molar-refractivity contribution is 0.822. The van der Waals surface area contributed by atoms with Gasteiger partial charge in [-0.15, -0.1) is 6.42 Å². The third kappa shape index (κ3) is 2.78. The summed E-state index contributed by atoms with van der Waals surface area (Å²) in [4.78, 5) is 2.15. The number of rotatable bonds is 4. The largest absolute Gasteiger partial charge is 0.360 e. The van der Waals surface area contributed by atoms with Crippen molar-refractivity contribution in [1.82, 2.24) is 0 Å². The van der Waals surface area contributed by atoms with Gasteiger partial charge in [0.05, 0.1) is 18.2 Å². The van der Waals surface area contributed by atoms with Gasteiger partial charge in [0.15, 0.2) is 0 Å². The van der Waals surface area contributed by atoms with Crippen molar-refractivity contribution in [1.29, 1.82) is 5.26 Å². The summed E-state index contributed by atoms with van der Waals surface area (Å²) in [7, 11) is 0. The van der Waals surface area contributed by atoms with E-state index in [2.05, 4.69) is 23.8 Å². The molecule has 0 bridgehead atoms. The molecule has 2 heteroatoms. The summed E-state index contributed by atoms with van der Waals surface area (Å²) < 4.78 is 0. The van der Waals surface area contributed by atoms with Gasteiger partial charge >= 0.3 is 0 Å². The fourth-order valence-corrected chi connectivity index (χ4v) is 1.65. The Balaban J connectivity index is 2.98. The predicted molar refractivity (Wildman–Crippen MR) is 67.2 cm³/mol. The number of hydrogen-bond donors (Lipinski definition) is 0. The van der Waals surface area contributed by atoms with Crippen LogP contribution in [0.25, 0.3) is 0 Å². The van der Waals surface area contributed by atoms with Crippen LogP contribution in [0.1, 0.15) is 24.5 Å². The van der Waals surface area contributed by atoms with Crippen LogP contribution in [0.3, 0.4) is 0 Å². The number of hydrogen-bond acceptors (Lipinski definition) is 2. The van der Waals surface area contributed by atoms with E-state index in [0.717, 1.165) is 29.8 Å². The maximum Gasteiger partial charge on any atom is 0.0994 e. The van der Waals surface area contributed by atoms with Crippen LogP contribution >= 0.6 is 0 Å². The Morgan fingerprint density at radius 3 is 2.69 bits per heavy atom. The second-order valence-electron chi connectivity index (χ2n) is 3.74. The van der Waals surface area contributed by atoms with Crippen LogP contribution in [0.15, 0.2) is 18.2 Å². The quantitative estimate of drug-likeness (QED) is 0.717. The average molecular weight is 212 g/mol. The van der Waals surface area contributed by atoms with Crippen LogP contribution in [0.5, 0.6) is 0 Å². The first-order chi connectivity index (χ1) is 7.72. The van der Waals surface area contributed by atoms with Crippen LogP contribution in [0.4, 0.5) is 5.69 Å². The summed E-state index contributed by atoms with van der Waals surface area (Å²) in [5.41, 5.74) is 2.82. The molecule has 0 radical (unpaired) electrons. The Kier molecular flexibility index (Phi) is 4.42. The van der Waals surface area contributed by atoms with Gasteiger partial charge < -0.3 is 4.90 Å². The molecule has 0 N–H and O–H groups in total. The van der Waals surface area contributed by atoms with Crippen molar-refractivity contribution in [2.24, 2.45) is 0 Å². The van der Waals surface area contributed by atoms with Crippen molar-refractivity contribution >= 4 is 5.69 Å². The summed E-state index contributed by atoms with van der Waals surface area (Å²) in [6.07, 6.45) is 6.40. The molecule has 0 saturated carbocycles. The standard InChI is InChI=1S/C14H16N2/c1-4-8-16(9-5-2)14-7-6-13(11-15)12(3)10-14/h1,6-7,10H,5,8-9H2,2-3H3. The Morgan fingerprint density at radius 1 is 1.44 bits per heavy atom. The molecule has 0 unspecified atom stereocenters. The van der Waals surface area contributed by atoms with Gasteiger partial charge in [0.2, 0.25) is 0 Å². The summed E-state index contributed by atoms with van der Waals surface area (Å²) in [6, 6.07) is 7.99. The lowest BCUT2D eigenvalue weighted by Crippen LogP contribution is -2.24. The van der Waals surface area contributed by atoms with E-state index in [9.17, 15) is 0 Å². The van der Waals surface area contributed by atoms with E-state index in [1.165, 1.54) is 0 Å². The highest BCUT2D eigenvalue weighted by atomic mass is 15.1. The molecule has 1 aromatic rings. The molecule has 1 aromatic carbocycles. The maximum atomic E-state index is 8.86. The average Bonchev–Trinajstić information content (AvgIpc) is 2.28. The maximum absolute atomic E-state index is 8.86. The fraction of sp³-hybridized carbons (Fsp3) is 0.357. The fourth-order valence-electron chi connectivity index (χ4n) is 1.65. The van der Waals surface area contributed by atoms with Crippen molar-refractivity contribution in [3.8, 4) is 18.4 Å². The first-order valence-electron chi connectivity index (χ1n) is 5.42. The topological polar surface area (TPSA) is 27.0 Å². The van der Waals surface area contributed by atoms with Gasteiger partial charge in [0, 0.05) is 12.2 Å². The SMILES string of the molecule is C#CCN(CCC)c1ccc(C#N)c(C)c1. The third-order valence-corrected chi connectivity index (χ3v) is 2.47. The number of benzene rings is 1. The van der Waals surface area contributed by atoms with E-state index >= 15 is 0 Å². The van der Waals surface area contributed by atoms with Crippen molar-refractivity contribution in [3.05, 3.63) is 29.3 Å². The summed E-state index contributed by atoms with van der Waals surface area (Å²) in [5, 5.41) is 8.86. The second-order valence-corrected chi connectivity index (χ2v) is 3.74. The van der Waals surface area contributed by atoms with Gasteiger partial charge in [-0.1, -0.05) is 12.8 Å². The lowest BCUT2D eigenvalue weighted by Gasteiger charge is -2.22. The van der Waals surface area contributed by atoms with E-state index in [1.54, 1.807) is 0 Å². The molecule has 0 amide bonds. The summed E-state index contributed by atoms with van der Waals surface area (Å²) in [6.45, 7) is 5.62. The monoisotopic (exact) mass is 212 g/mol. The number of nitrogens with zero attached hydrogens (tertiary/aromatic N) is 2. The van der Waals surface area contributed by atoms with Crippen molar-refractivity contribution in [2.75, 3.05) is 18.0 Å². The zero-order valence-electron chi connectivity index (χ0n) is 9.83. The molecule has 0 heterocycles. The molecule has 0 aliphatic heterocycles.